The summed E-state index contributed by atoms with van der Waals surface area (Å²) in [6, 6.07) is 6.49. The molecule has 8 heteroatoms. The van der Waals surface area contributed by atoms with E-state index in [-0.39, 0.29) is 0 Å². The number of hydrogen-bond acceptors (Lipinski definition) is 8. The van der Waals surface area contributed by atoms with Gasteiger partial charge in [0.25, 0.3) is 0 Å². The van der Waals surface area contributed by atoms with Crippen LogP contribution < -0.4 is 4.74 Å². The van der Waals surface area contributed by atoms with E-state index in [9.17, 15) is 20.1 Å². The lowest BCUT2D eigenvalue weighted by Crippen LogP contribution is -2.60. The first-order chi connectivity index (χ1) is 11.5. The summed E-state index contributed by atoms with van der Waals surface area (Å²) in [7, 11) is 1.28. The molecule has 132 valence electrons. The van der Waals surface area contributed by atoms with Crippen LogP contribution in [-0.2, 0) is 14.3 Å². The topological polar surface area (TPSA) is 126 Å². The molecule has 2 rings (SSSR count). The number of aliphatic hydroxyl groups is 4. The molecular weight excluding hydrogens is 320 g/mol. The SMILES string of the molecule is COC(=O)C=Cc1ccc(O[C@@H]2O[C@H](CO)[C@@H](O)[C@H](O)[C@H]2O)cc1. The van der Waals surface area contributed by atoms with E-state index in [0.717, 1.165) is 5.56 Å². The zero-order valence-corrected chi connectivity index (χ0v) is 13.0. The van der Waals surface area contributed by atoms with Crippen molar-refractivity contribution >= 4 is 12.0 Å². The molecule has 0 radical (unpaired) electrons. The van der Waals surface area contributed by atoms with Crippen LogP contribution in [0.15, 0.2) is 30.3 Å². The Bertz CT molecular complexity index is 568. The first-order valence-corrected chi connectivity index (χ1v) is 7.29. The Hall–Kier alpha value is -1.97. The largest absolute Gasteiger partial charge is 0.466 e. The molecule has 0 bridgehead atoms. The average molecular weight is 340 g/mol. The van der Waals surface area contributed by atoms with E-state index in [0.29, 0.717) is 5.75 Å². The van der Waals surface area contributed by atoms with Gasteiger partial charge in [-0.05, 0) is 23.8 Å². The standard InChI is InChI=1S/C16H20O8/c1-22-12(18)7-4-9-2-5-10(6-3-9)23-16-15(21)14(20)13(19)11(8-17)24-16/h2-7,11,13-17,19-21H,8H2,1H3/t11-,13-,14+,15-,16-/m1/s1. The summed E-state index contributed by atoms with van der Waals surface area (Å²) in [6.07, 6.45) is -3.84. The summed E-state index contributed by atoms with van der Waals surface area (Å²) >= 11 is 0. The van der Waals surface area contributed by atoms with Gasteiger partial charge in [0, 0.05) is 6.08 Å². The van der Waals surface area contributed by atoms with E-state index in [1.807, 2.05) is 0 Å². The molecule has 24 heavy (non-hydrogen) atoms. The van der Waals surface area contributed by atoms with Crippen molar-refractivity contribution in [2.75, 3.05) is 13.7 Å². The molecule has 0 aliphatic carbocycles. The van der Waals surface area contributed by atoms with Gasteiger partial charge in [-0.3, -0.25) is 0 Å². The van der Waals surface area contributed by atoms with Gasteiger partial charge in [-0.1, -0.05) is 12.1 Å². The molecule has 5 atom stereocenters. The Labute approximate surface area is 138 Å². The fourth-order valence-corrected chi connectivity index (χ4v) is 2.19. The minimum absolute atomic E-state index is 0.342. The lowest BCUT2D eigenvalue weighted by Gasteiger charge is -2.39. The van der Waals surface area contributed by atoms with Crippen LogP contribution in [0.3, 0.4) is 0 Å². The molecule has 1 aromatic rings. The minimum atomic E-state index is -1.50. The van der Waals surface area contributed by atoms with Gasteiger partial charge in [0.15, 0.2) is 0 Å². The lowest BCUT2D eigenvalue weighted by molar-refractivity contribution is -0.277. The van der Waals surface area contributed by atoms with Gasteiger partial charge in [-0.25, -0.2) is 4.79 Å². The highest BCUT2D eigenvalue weighted by atomic mass is 16.7. The number of aliphatic hydroxyl groups excluding tert-OH is 4. The number of ether oxygens (including phenoxy) is 3. The highest BCUT2D eigenvalue weighted by molar-refractivity contribution is 5.86. The van der Waals surface area contributed by atoms with Crippen molar-refractivity contribution in [2.45, 2.75) is 30.7 Å². The van der Waals surface area contributed by atoms with Crippen molar-refractivity contribution in [1.82, 2.24) is 0 Å². The number of benzene rings is 1. The Kier molecular flexibility index (Phi) is 6.29. The number of carbonyl (C=O) groups excluding carboxylic acids is 1. The van der Waals surface area contributed by atoms with Crippen molar-refractivity contribution in [3.8, 4) is 5.75 Å². The van der Waals surface area contributed by atoms with Crippen LogP contribution in [0.4, 0.5) is 0 Å². The van der Waals surface area contributed by atoms with Gasteiger partial charge < -0.3 is 34.6 Å². The maximum absolute atomic E-state index is 11.0. The van der Waals surface area contributed by atoms with Crippen LogP contribution in [0.2, 0.25) is 0 Å². The highest BCUT2D eigenvalue weighted by Crippen LogP contribution is 2.24. The minimum Gasteiger partial charge on any atom is -0.466 e. The smallest absolute Gasteiger partial charge is 0.330 e. The van der Waals surface area contributed by atoms with Gasteiger partial charge in [0.1, 0.15) is 30.2 Å². The maximum atomic E-state index is 11.0. The number of rotatable bonds is 5. The van der Waals surface area contributed by atoms with Crippen molar-refractivity contribution in [2.24, 2.45) is 0 Å². The summed E-state index contributed by atoms with van der Waals surface area (Å²) in [4.78, 5) is 11.0. The van der Waals surface area contributed by atoms with Crippen molar-refractivity contribution in [1.29, 1.82) is 0 Å². The molecule has 8 nitrogen and oxygen atoms in total. The molecule has 1 heterocycles. The summed E-state index contributed by atoms with van der Waals surface area (Å²) in [5.74, 6) is -0.133. The van der Waals surface area contributed by atoms with Crippen molar-refractivity contribution < 1.29 is 39.4 Å². The predicted octanol–water partition coefficient (Wildman–Crippen LogP) is -0.949. The second-order valence-electron chi connectivity index (χ2n) is 5.24. The molecule has 0 saturated carbocycles. The molecule has 1 aliphatic rings. The van der Waals surface area contributed by atoms with Gasteiger partial charge >= 0.3 is 5.97 Å². The molecule has 0 unspecified atom stereocenters. The van der Waals surface area contributed by atoms with Gasteiger partial charge in [-0.15, -0.1) is 0 Å². The summed E-state index contributed by atoms with van der Waals surface area (Å²) in [6.45, 7) is -0.526. The Morgan fingerprint density at radius 2 is 1.83 bits per heavy atom. The van der Waals surface area contributed by atoms with Crippen LogP contribution in [-0.4, -0.2) is 70.8 Å². The van der Waals surface area contributed by atoms with Crippen molar-refractivity contribution in [3.05, 3.63) is 35.9 Å². The van der Waals surface area contributed by atoms with Gasteiger partial charge in [0.05, 0.1) is 13.7 Å². The Morgan fingerprint density at radius 1 is 1.17 bits per heavy atom. The lowest BCUT2D eigenvalue weighted by atomic mass is 9.99. The predicted molar refractivity (Wildman–Crippen MR) is 81.9 cm³/mol. The molecule has 1 aromatic carbocycles. The van der Waals surface area contributed by atoms with E-state index < -0.39 is 43.3 Å². The third-order valence-electron chi connectivity index (χ3n) is 3.59. The third-order valence-corrected chi connectivity index (χ3v) is 3.59. The van der Waals surface area contributed by atoms with Crippen LogP contribution in [0, 0.1) is 0 Å². The fraction of sp³-hybridized carbons (Fsp3) is 0.438. The molecule has 1 aliphatic heterocycles. The quantitative estimate of drug-likeness (QED) is 0.399. The molecular formula is C16H20O8. The number of esters is 1. The molecule has 1 saturated heterocycles. The second-order valence-corrected chi connectivity index (χ2v) is 5.24. The number of methoxy groups -OCH3 is 1. The number of carbonyl (C=O) groups is 1. The van der Waals surface area contributed by atoms with E-state index in [1.54, 1.807) is 30.3 Å². The molecule has 1 fully saturated rings. The average Bonchev–Trinajstić information content (AvgIpc) is 2.61. The van der Waals surface area contributed by atoms with Crippen LogP contribution in [0.5, 0.6) is 5.75 Å². The van der Waals surface area contributed by atoms with E-state index in [4.69, 9.17) is 14.6 Å². The van der Waals surface area contributed by atoms with Crippen molar-refractivity contribution in [3.63, 3.8) is 0 Å². The van der Waals surface area contributed by atoms with Crippen LogP contribution in [0.1, 0.15) is 5.56 Å². The Morgan fingerprint density at radius 3 is 2.42 bits per heavy atom. The number of hydrogen-bond donors (Lipinski definition) is 4. The maximum Gasteiger partial charge on any atom is 0.330 e. The highest BCUT2D eigenvalue weighted by Gasteiger charge is 2.44. The zero-order valence-electron chi connectivity index (χ0n) is 13.0. The van der Waals surface area contributed by atoms with E-state index >= 15 is 0 Å². The second kappa shape index (κ2) is 8.22. The monoisotopic (exact) mass is 340 g/mol. The molecule has 4 N–H and O–H groups in total. The summed E-state index contributed by atoms with van der Waals surface area (Å²) in [5, 5.41) is 38.5. The third kappa shape index (κ3) is 4.31. The normalized spacial score (nSPS) is 30.3. The summed E-state index contributed by atoms with van der Waals surface area (Å²) < 4.78 is 15.2. The Balaban J connectivity index is 2.02. The van der Waals surface area contributed by atoms with Crippen LogP contribution >= 0.6 is 0 Å². The fourth-order valence-electron chi connectivity index (χ4n) is 2.19. The van der Waals surface area contributed by atoms with E-state index in [2.05, 4.69) is 4.74 Å². The first-order valence-electron chi connectivity index (χ1n) is 7.29. The van der Waals surface area contributed by atoms with Gasteiger partial charge in [0.2, 0.25) is 6.29 Å². The molecule has 0 amide bonds. The van der Waals surface area contributed by atoms with Crippen LogP contribution in [0.25, 0.3) is 6.08 Å². The first kappa shape index (κ1) is 18.4. The van der Waals surface area contributed by atoms with E-state index in [1.165, 1.54) is 13.2 Å². The molecule has 0 aromatic heterocycles. The van der Waals surface area contributed by atoms with Gasteiger partial charge in [-0.2, -0.15) is 0 Å². The molecule has 0 spiro atoms. The zero-order chi connectivity index (χ0) is 17.7. The summed E-state index contributed by atoms with van der Waals surface area (Å²) in [5.41, 5.74) is 0.724.